The van der Waals surface area contributed by atoms with Crippen molar-refractivity contribution < 1.29 is 9.53 Å². The van der Waals surface area contributed by atoms with Crippen molar-refractivity contribution in [3.63, 3.8) is 0 Å². The zero-order valence-electron chi connectivity index (χ0n) is 11.1. The largest absolute Gasteiger partial charge is 0.376 e. The van der Waals surface area contributed by atoms with Gasteiger partial charge in [-0.15, -0.1) is 0 Å². The second-order valence-electron chi connectivity index (χ2n) is 4.79. The highest BCUT2D eigenvalue weighted by Crippen LogP contribution is 2.15. The third-order valence-corrected chi connectivity index (χ3v) is 3.32. The molecule has 0 aromatic heterocycles. The smallest absolute Gasteiger partial charge is 0.225 e. The normalized spacial score (nSPS) is 20.2. The molecule has 0 saturated carbocycles. The molecule has 4 nitrogen and oxygen atoms in total. The molecule has 2 rings (SSSR count). The standard InChI is InChI=1S/C14H19ClN2O2/c1-11-10-17(7-8-19-11)6-5-14(18)16-13-4-2-3-12(15)9-13/h2-4,9,11H,5-8,10H2,1H3,(H,16,18). The van der Waals surface area contributed by atoms with Crippen LogP contribution in [0.15, 0.2) is 24.3 Å². The van der Waals surface area contributed by atoms with Gasteiger partial charge in [-0.25, -0.2) is 0 Å². The number of halogens is 1. The fourth-order valence-electron chi connectivity index (χ4n) is 2.14. The van der Waals surface area contributed by atoms with Gasteiger partial charge in [0.2, 0.25) is 5.91 Å². The minimum atomic E-state index is 0.0152. The lowest BCUT2D eigenvalue weighted by atomic mass is 10.2. The molecule has 19 heavy (non-hydrogen) atoms. The Morgan fingerprint density at radius 1 is 1.58 bits per heavy atom. The lowest BCUT2D eigenvalue weighted by molar-refractivity contribution is -0.117. The highest BCUT2D eigenvalue weighted by Gasteiger charge is 2.17. The zero-order valence-corrected chi connectivity index (χ0v) is 11.8. The Morgan fingerprint density at radius 2 is 2.42 bits per heavy atom. The predicted octanol–water partition coefficient (Wildman–Crippen LogP) is 2.39. The number of anilines is 1. The molecular weight excluding hydrogens is 264 g/mol. The number of nitrogens with one attached hydrogen (secondary N) is 1. The highest BCUT2D eigenvalue weighted by atomic mass is 35.5. The lowest BCUT2D eigenvalue weighted by Crippen LogP contribution is -2.42. The number of ether oxygens (including phenoxy) is 1. The Morgan fingerprint density at radius 3 is 3.16 bits per heavy atom. The molecule has 5 heteroatoms. The van der Waals surface area contributed by atoms with Gasteiger partial charge >= 0.3 is 0 Å². The summed E-state index contributed by atoms with van der Waals surface area (Å²) in [6.07, 6.45) is 0.740. The summed E-state index contributed by atoms with van der Waals surface area (Å²) in [5.74, 6) is 0.0152. The van der Waals surface area contributed by atoms with Crippen molar-refractivity contribution in [1.29, 1.82) is 0 Å². The van der Waals surface area contributed by atoms with Crippen molar-refractivity contribution in [2.45, 2.75) is 19.4 Å². The van der Waals surface area contributed by atoms with Crippen LogP contribution in [0, 0.1) is 0 Å². The van der Waals surface area contributed by atoms with Gasteiger partial charge in [0.15, 0.2) is 0 Å². The monoisotopic (exact) mass is 282 g/mol. The molecule has 1 N–H and O–H groups in total. The van der Waals surface area contributed by atoms with Gasteiger partial charge in [-0.2, -0.15) is 0 Å². The number of hydrogen-bond donors (Lipinski definition) is 1. The number of carbonyl (C=O) groups is 1. The molecule has 0 bridgehead atoms. The second-order valence-corrected chi connectivity index (χ2v) is 5.23. The molecule has 1 heterocycles. The minimum Gasteiger partial charge on any atom is -0.376 e. The first-order chi connectivity index (χ1) is 9.13. The van der Waals surface area contributed by atoms with Crippen LogP contribution in [0.5, 0.6) is 0 Å². The van der Waals surface area contributed by atoms with Gasteiger partial charge in [0.25, 0.3) is 0 Å². The van der Waals surface area contributed by atoms with Crippen LogP contribution >= 0.6 is 11.6 Å². The van der Waals surface area contributed by atoms with E-state index in [4.69, 9.17) is 16.3 Å². The molecule has 0 radical (unpaired) electrons. The van der Waals surface area contributed by atoms with Crippen molar-refractivity contribution in [3.05, 3.63) is 29.3 Å². The van der Waals surface area contributed by atoms with Crippen molar-refractivity contribution >= 4 is 23.2 Å². The number of carbonyl (C=O) groups excluding carboxylic acids is 1. The van der Waals surface area contributed by atoms with Gasteiger partial charge in [-0.05, 0) is 25.1 Å². The van der Waals surface area contributed by atoms with Crippen molar-refractivity contribution in [3.8, 4) is 0 Å². The van der Waals surface area contributed by atoms with Crippen LogP contribution in [0.1, 0.15) is 13.3 Å². The van der Waals surface area contributed by atoms with Crippen LogP contribution in [-0.2, 0) is 9.53 Å². The van der Waals surface area contributed by atoms with Crippen LogP contribution in [0.3, 0.4) is 0 Å². The molecular formula is C14H19ClN2O2. The van der Waals surface area contributed by atoms with Gasteiger partial charge in [-0.1, -0.05) is 17.7 Å². The molecule has 1 unspecified atom stereocenters. The average molecular weight is 283 g/mol. The van der Waals surface area contributed by atoms with Crippen LogP contribution < -0.4 is 5.32 Å². The molecule has 104 valence electrons. The molecule has 1 aromatic carbocycles. The van der Waals surface area contributed by atoms with E-state index < -0.39 is 0 Å². The maximum Gasteiger partial charge on any atom is 0.225 e. The molecule has 1 atom stereocenters. The molecule has 1 saturated heterocycles. The lowest BCUT2D eigenvalue weighted by Gasteiger charge is -2.30. The SMILES string of the molecule is CC1CN(CCC(=O)Nc2cccc(Cl)c2)CCO1. The number of amides is 1. The van der Waals surface area contributed by atoms with E-state index in [9.17, 15) is 4.79 Å². The average Bonchev–Trinajstić information content (AvgIpc) is 2.36. The van der Waals surface area contributed by atoms with E-state index in [0.29, 0.717) is 11.4 Å². The Balaban J connectivity index is 1.75. The van der Waals surface area contributed by atoms with E-state index in [0.717, 1.165) is 31.9 Å². The summed E-state index contributed by atoms with van der Waals surface area (Å²) in [6.45, 7) is 5.36. The van der Waals surface area contributed by atoms with Crippen LogP contribution in [0.25, 0.3) is 0 Å². The zero-order chi connectivity index (χ0) is 13.7. The highest BCUT2D eigenvalue weighted by molar-refractivity contribution is 6.30. The molecule has 1 aliphatic heterocycles. The van der Waals surface area contributed by atoms with E-state index >= 15 is 0 Å². The minimum absolute atomic E-state index is 0.0152. The van der Waals surface area contributed by atoms with Gasteiger partial charge in [-0.3, -0.25) is 9.69 Å². The van der Waals surface area contributed by atoms with E-state index in [1.54, 1.807) is 12.1 Å². The fraction of sp³-hybridized carbons (Fsp3) is 0.500. The van der Waals surface area contributed by atoms with Crippen LogP contribution in [0.2, 0.25) is 5.02 Å². The molecule has 1 aliphatic rings. The first-order valence-corrected chi connectivity index (χ1v) is 6.90. The summed E-state index contributed by atoms with van der Waals surface area (Å²) in [6, 6.07) is 7.19. The summed E-state index contributed by atoms with van der Waals surface area (Å²) >= 11 is 5.87. The summed E-state index contributed by atoms with van der Waals surface area (Å²) in [4.78, 5) is 14.1. The number of morpholine rings is 1. The van der Waals surface area contributed by atoms with E-state index in [1.807, 2.05) is 12.1 Å². The molecule has 0 spiro atoms. The summed E-state index contributed by atoms with van der Waals surface area (Å²) in [5.41, 5.74) is 0.743. The quantitative estimate of drug-likeness (QED) is 0.922. The van der Waals surface area contributed by atoms with Gasteiger partial charge in [0, 0.05) is 36.8 Å². The van der Waals surface area contributed by atoms with Gasteiger partial charge < -0.3 is 10.1 Å². The second kappa shape index (κ2) is 6.89. The third-order valence-electron chi connectivity index (χ3n) is 3.09. The summed E-state index contributed by atoms with van der Waals surface area (Å²) < 4.78 is 5.47. The van der Waals surface area contributed by atoms with E-state index in [2.05, 4.69) is 17.1 Å². The van der Waals surface area contributed by atoms with Crippen molar-refractivity contribution in [2.75, 3.05) is 31.6 Å². The van der Waals surface area contributed by atoms with E-state index in [-0.39, 0.29) is 12.0 Å². The first kappa shape index (κ1) is 14.3. The van der Waals surface area contributed by atoms with Crippen molar-refractivity contribution in [1.82, 2.24) is 4.90 Å². The molecule has 0 aliphatic carbocycles. The Hall–Kier alpha value is -1.10. The van der Waals surface area contributed by atoms with Crippen LogP contribution in [-0.4, -0.2) is 43.2 Å². The Kier molecular flexibility index (Phi) is 5.19. The molecule has 1 aromatic rings. The van der Waals surface area contributed by atoms with Gasteiger partial charge in [0.1, 0.15) is 0 Å². The molecule has 1 fully saturated rings. The Bertz CT molecular complexity index is 439. The molecule has 1 amide bonds. The third kappa shape index (κ3) is 4.82. The van der Waals surface area contributed by atoms with Crippen LogP contribution in [0.4, 0.5) is 5.69 Å². The number of benzene rings is 1. The van der Waals surface area contributed by atoms with Crippen molar-refractivity contribution in [2.24, 2.45) is 0 Å². The summed E-state index contributed by atoms with van der Waals surface area (Å²) in [5, 5.41) is 3.48. The number of hydrogen-bond acceptors (Lipinski definition) is 3. The Labute approximate surface area is 118 Å². The van der Waals surface area contributed by atoms with E-state index in [1.165, 1.54) is 0 Å². The number of rotatable bonds is 4. The topological polar surface area (TPSA) is 41.6 Å². The summed E-state index contributed by atoms with van der Waals surface area (Å²) in [7, 11) is 0. The maximum atomic E-state index is 11.8. The number of nitrogens with zero attached hydrogens (tertiary/aromatic N) is 1. The first-order valence-electron chi connectivity index (χ1n) is 6.53. The fourth-order valence-corrected chi connectivity index (χ4v) is 2.33. The predicted molar refractivity (Wildman–Crippen MR) is 76.6 cm³/mol. The van der Waals surface area contributed by atoms with Gasteiger partial charge in [0.05, 0.1) is 12.7 Å². The maximum absolute atomic E-state index is 11.8.